The topological polar surface area (TPSA) is 63.4 Å². The Hall–Kier alpha value is -1.07. The van der Waals surface area contributed by atoms with Gasteiger partial charge in [0, 0.05) is 18.3 Å². The van der Waals surface area contributed by atoms with Crippen LogP contribution in [-0.4, -0.2) is 25.3 Å². The van der Waals surface area contributed by atoms with E-state index in [4.69, 9.17) is 5.73 Å². The molecule has 0 aliphatic carbocycles. The van der Waals surface area contributed by atoms with E-state index in [1.54, 1.807) is 28.6 Å². The van der Waals surface area contributed by atoms with Crippen LogP contribution in [-0.2, 0) is 15.8 Å². The molecule has 1 atom stereocenters. The van der Waals surface area contributed by atoms with Crippen LogP contribution in [0.4, 0.5) is 5.69 Å². The largest absolute Gasteiger partial charge is 0.399 e. The van der Waals surface area contributed by atoms with Gasteiger partial charge in [0.1, 0.15) is 0 Å². The molecule has 5 heteroatoms. The van der Waals surface area contributed by atoms with Crippen LogP contribution in [0.2, 0.25) is 0 Å². The van der Waals surface area contributed by atoms with Crippen molar-refractivity contribution in [3.05, 3.63) is 29.8 Å². The van der Waals surface area contributed by atoms with Crippen LogP contribution in [0.15, 0.2) is 24.3 Å². The summed E-state index contributed by atoms with van der Waals surface area (Å²) in [6.45, 7) is 2.61. The zero-order chi connectivity index (χ0) is 12.5. The minimum absolute atomic E-state index is 0.0440. The maximum absolute atomic E-state index is 12.2. The summed E-state index contributed by atoms with van der Waals surface area (Å²) in [6, 6.07) is 7.19. The van der Waals surface area contributed by atoms with Crippen molar-refractivity contribution in [2.75, 3.05) is 12.3 Å². The molecule has 0 spiro atoms. The van der Waals surface area contributed by atoms with Crippen molar-refractivity contribution in [2.24, 2.45) is 0 Å². The first-order chi connectivity index (χ1) is 7.99. The standard InChI is InChI=1S/C12H18N2O2S/c1-10-4-3-7-14(10)17(15,16)9-11-5-2-6-12(13)8-11/h2,5-6,8,10H,3-4,7,9,13H2,1H3. The highest BCUT2D eigenvalue weighted by atomic mass is 32.2. The molecule has 4 nitrogen and oxygen atoms in total. The summed E-state index contributed by atoms with van der Waals surface area (Å²) in [6.07, 6.45) is 1.91. The molecular weight excluding hydrogens is 236 g/mol. The zero-order valence-electron chi connectivity index (χ0n) is 9.96. The van der Waals surface area contributed by atoms with Crippen LogP contribution in [0.3, 0.4) is 0 Å². The molecule has 0 saturated carbocycles. The van der Waals surface area contributed by atoms with Crippen molar-refractivity contribution in [3.8, 4) is 0 Å². The number of hydrogen-bond acceptors (Lipinski definition) is 3. The summed E-state index contributed by atoms with van der Waals surface area (Å²) < 4.78 is 26.0. The molecule has 0 bridgehead atoms. The molecule has 17 heavy (non-hydrogen) atoms. The highest BCUT2D eigenvalue weighted by Gasteiger charge is 2.31. The maximum atomic E-state index is 12.2. The van der Waals surface area contributed by atoms with Gasteiger partial charge in [-0.1, -0.05) is 12.1 Å². The van der Waals surface area contributed by atoms with Crippen molar-refractivity contribution in [1.82, 2.24) is 4.31 Å². The van der Waals surface area contributed by atoms with E-state index in [9.17, 15) is 8.42 Å². The predicted molar refractivity (Wildman–Crippen MR) is 68.9 cm³/mol. The van der Waals surface area contributed by atoms with Crippen molar-refractivity contribution in [2.45, 2.75) is 31.6 Å². The van der Waals surface area contributed by atoms with E-state index in [2.05, 4.69) is 0 Å². The third-order valence-corrected chi connectivity index (χ3v) is 5.10. The number of anilines is 1. The lowest BCUT2D eigenvalue weighted by atomic mass is 10.2. The molecule has 1 aromatic carbocycles. The fraction of sp³-hybridized carbons (Fsp3) is 0.500. The monoisotopic (exact) mass is 254 g/mol. The first-order valence-electron chi connectivity index (χ1n) is 5.83. The van der Waals surface area contributed by atoms with Gasteiger partial charge in [0.25, 0.3) is 0 Å². The van der Waals surface area contributed by atoms with Crippen LogP contribution in [0, 0.1) is 0 Å². The Morgan fingerprint density at radius 1 is 1.47 bits per heavy atom. The van der Waals surface area contributed by atoms with Gasteiger partial charge < -0.3 is 5.73 Å². The van der Waals surface area contributed by atoms with Gasteiger partial charge in [0.05, 0.1) is 5.75 Å². The summed E-state index contributed by atoms with van der Waals surface area (Å²) in [5.41, 5.74) is 7.01. The second kappa shape index (κ2) is 4.66. The third-order valence-electron chi connectivity index (χ3n) is 3.15. The number of benzene rings is 1. The molecule has 1 aliphatic rings. The summed E-state index contributed by atoms with van der Waals surface area (Å²) in [4.78, 5) is 0. The molecule has 94 valence electrons. The normalized spacial score (nSPS) is 21.8. The van der Waals surface area contributed by atoms with E-state index in [1.165, 1.54) is 0 Å². The average molecular weight is 254 g/mol. The van der Waals surface area contributed by atoms with Crippen LogP contribution in [0.5, 0.6) is 0 Å². The van der Waals surface area contributed by atoms with E-state index in [0.29, 0.717) is 12.2 Å². The zero-order valence-corrected chi connectivity index (χ0v) is 10.8. The number of nitrogens with two attached hydrogens (primary N) is 1. The third kappa shape index (κ3) is 2.79. The number of hydrogen-bond donors (Lipinski definition) is 1. The Kier molecular flexibility index (Phi) is 3.40. The van der Waals surface area contributed by atoms with Crippen LogP contribution >= 0.6 is 0 Å². The average Bonchev–Trinajstić information content (AvgIpc) is 2.64. The Morgan fingerprint density at radius 3 is 2.82 bits per heavy atom. The van der Waals surface area contributed by atoms with Crippen molar-refractivity contribution < 1.29 is 8.42 Å². The predicted octanol–water partition coefficient (Wildman–Crippen LogP) is 1.58. The van der Waals surface area contributed by atoms with Gasteiger partial charge in [-0.3, -0.25) is 0 Å². The molecule has 1 heterocycles. The first-order valence-corrected chi connectivity index (χ1v) is 7.44. The highest BCUT2D eigenvalue weighted by Crippen LogP contribution is 2.23. The minimum atomic E-state index is -3.20. The number of rotatable bonds is 3. The molecule has 0 aromatic heterocycles. The van der Waals surface area contributed by atoms with Gasteiger partial charge in [0.2, 0.25) is 10.0 Å². The first kappa shape index (κ1) is 12.4. The molecule has 1 aromatic rings. The van der Waals surface area contributed by atoms with Crippen LogP contribution in [0.25, 0.3) is 0 Å². The van der Waals surface area contributed by atoms with Gasteiger partial charge in [-0.2, -0.15) is 4.31 Å². The Bertz CT molecular complexity index is 499. The molecule has 2 rings (SSSR count). The molecule has 1 fully saturated rings. The number of nitrogen functional groups attached to an aromatic ring is 1. The van der Waals surface area contributed by atoms with Crippen molar-refractivity contribution in [3.63, 3.8) is 0 Å². The molecular formula is C12H18N2O2S. The fourth-order valence-corrected chi connectivity index (χ4v) is 4.12. The van der Waals surface area contributed by atoms with Gasteiger partial charge in [-0.05, 0) is 37.5 Å². The molecule has 1 saturated heterocycles. The van der Waals surface area contributed by atoms with E-state index < -0.39 is 10.0 Å². The van der Waals surface area contributed by atoms with Crippen LogP contribution in [0.1, 0.15) is 25.3 Å². The van der Waals surface area contributed by atoms with E-state index in [-0.39, 0.29) is 11.8 Å². The summed E-state index contributed by atoms with van der Waals surface area (Å²) in [5, 5.41) is 0. The number of sulfonamides is 1. The van der Waals surface area contributed by atoms with Crippen molar-refractivity contribution in [1.29, 1.82) is 0 Å². The van der Waals surface area contributed by atoms with Gasteiger partial charge in [-0.25, -0.2) is 8.42 Å². The Morgan fingerprint density at radius 2 is 2.24 bits per heavy atom. The molecule has 0 amide bonds. The molecule has 1 aliphatic heterocycles. The van der Waals surface area contributed by atoms with Crippen molar-refractivity contribution >= 4 is 15.7 Å². The molecule has 2 N–H and O–H groups in total. The SMILES string of the molecule is CC1CCCN1S(=O)(=O)Cc1cccc(N)c1. The molecule has 1 unspecified atom stereocenters. The molecule has 0 radical (unpaired) electrons. The second-order valence-electron chi connectivity index (χ2n) is 4.60. The Labute approximate surface area is 102 Å². The second-order valence-corrected chi connectivity index (χ2v) is 6.52. The van der Waals surface area contributed by atoms with E-state index >= 15 is 0 Å². The fourth-order valence-electron chi connectivity index (χ4n) is 2.30. The minimum Gasteiger partial charge on any atom is -0.399 e. The smallest absolute Gasteiger partial charge is 0.218 e. The highest BCUT2D eigenvalue weighted by molar-refractivity contribution is 7.88. The van der Waals surface area contributed by atoms with E-state index in [1.807, 2.05) is 6.92 Å². The van der Waals surface area contributed by atoms with Crippen LogP contribution < -0.4 is 5.73 Å². The lowest BCUT2D eigenvalue weighted by molar-refractivity contribution is 0.407. The quantitative estimate of drug-likeness (QED) is 0.833. The Balaban J connectivity index is 2.17. The maximum Gasteiger partial charge on any atom is 0.218 e. The van der Waals surface area contributed by atoms with E-state index in [0.717, 1.165) is 18.4 Å². The lowest BCUT2D eigenvalue weighted by Gasteiger charge is -2.20. The van der Waals surface area contributed by atoms with Gasteiger partial charge in [-0.15, -0.1) is 0 Å². The van der Waals surface area contributed by atoms with Gasteiger partial charge in [0.15, 0.2) is 0 Å². The lowest BCUT2D eigenvalue weighted by Crippen LogP contribution is -2.34. The summed E-state index contributed by atoms with van der Waals surface area (Å²) in [7, 11) is -3.20. The number of nitrogens with zero attached hydrogens (tertiary/aromatic N) is 1. The van der Waals surface area contributed by atoms with Gasteiger partial charge >= 0.3 is 0 Å². The summed E-state index contributed by atoms with van der Waals surface area (Å²) >= 11 is 0. The summed E-state index contributed by atoms with van der Waals surface area (Å²) in [5.74, 6) is 0.0440.